The number of aromatic nitrogens is 2. The molecule has 0 atom stereocenters. The molecule has 0 spiro atoms. The average Bonchev–Trinajstić information content (AvgIpc) is 2.54. The van der Waals surface area contributed by atoms with E-state index in [-0.39, 0.29) is 5.82 Å². The van der Waals surface area contributed by atoms with E-state index in [1.54, 1.807) is 6.07 Å². The van der Waals surface area contributed by atoms with Crippen molar-refractivity contribution in [2.45, 2.75) is 6.92 Å². The van der Waals surface area contributed by atoms with Crippen LogP contribution in [0.1, 0.15) is 5.56 Å². The molecule has 4 nitrogen and oxygen atoms in total. The van der Waals surface area contributed by atoms with Crippen LogP contribution in [0.15, 0.2) is 48.8 Å². The first-order valence-electron chi connectivity index (χ1n) is 7.44. The first-order chi connectivity index (χ1) is 11.1. The summed E-state index contributed by atoms with van der Waals surface area (Å²) in [5.41, 5.74) is 1.89. The Morgan fingerprint density at radius 2 is 2.00 bits per heavy atom. The van der Waals surface area contributed by atoms with Crippen LogP contribution in [0.25, 0.3) is 10.9 Å². The molecule has 0 unspecified atom stereocenters. The van der Waals surface area contributed by atoms with Crippen LogP contribution >= 0.6 is 0 Å². The Hall–Kier alpha value is -2.69. The van der Waals surface area contributed by atoms with E-state index in [9.17, 15) is 4.39 Å². The Balaban J connectivity index is 1.71. The highest BCUT2D eigenvalue weighted by atomic mass is 19.1. The summed E-state index contributed by atoms with van der Waals surface area (Å²) < 4.78 is 19.2. The van der Waals surface area contributed by atoms with Gasteiger partial charge in [0.15, 0.2) is 0 Å². The number of hydrogen-bond donors (Lipinski definition) is 0. The van der Waals surface area contributed by atoms with Gasteiger partial charge in [-0.15, -0.1) is 0 Å². The summed E-state index contributed by atoms with van der Waals surface area (Å²) in [6, 6.07) is 12.4. The van der Waals surface area contributed by atoms with Gasteiger partial charge in [-0.05, 0) is 42.8 Å². The Morgan fingerprint density at radius 3 is 2.83 bits per heavy atom. The van der Waals surface area contributed by atoms with E-state index in [2.05, 4.69) is 9.97 Å². The number of rotatable bonds is 5. The Kier molecular flexibility index (Phi) is 4.37. The average molecular weight is 311 g/mol. The van der Waals surface area contributed by atoms with Crippen molar-refractivity contribution in [1.82, 2.24) is 9.97 Å². The number of anilines is 1. The molecule has 0 bridgehead atoms. The third kappa shape index (κ3) is 3.56. The number of nitrogens with zero attached hydrogens (tertiary/aromatic N) is 3. The summed E-state index contributed by atoms with van der Waals surface area (Å²) in [6.07, 6.45) is 1.49. The molecule has 0 radical (unpaired) electrons. The molecular weight excluding hydrogens is 293 g/mol. The highest BCUT2D eigenvalue weighted by Crippen LogP contribution is 2.22. The molecule has 0 aliphatic carbocycles. The summed E-state index contributed by atoms with van der Waals surface area (Å²) in [5.74, 6) is 1.25. The number of hydrogen-bond acceptors (Lipinski definition) is 4. The molecule has 3 aromatic rings. The van der Waals surface area contributed by atoms with Crippen LogP contribution in [-0.4, -0.2) is 30.2 Å². The van der Waals surface area contributed by atoms with E-state index in [0.29, 0.717) is 24.4 Å². The molecule has 5 heteroatoms. The third-order valence-electron chi connectivity index (χ3n) is 3.62. The first kappa shape index (κ1) is 15.2. The molecule has 0 amide bonds. The standard InChI is InChI=1S/C18H18FN3O/c1-13-4-3-5-15(10-13)23-9-8-22(2)18-16-11-14(19)6-7-17(16)20-12-21-18/h3-7,10-12H,8-9H2,1-2H3. The van der Waals surface area contributed by atoms with Gasteiger partial charge in [0.1, 0.15) is 30.3 Å². The maximum atomic E-state index is 13.5. The maximum absolute atomic E-state index is 13.5. The number of ether oxygens (including phenoxy) is 1. The number of fused-ring (bicyclic) bond motifs is 1. The van der Waals surface area contributed by atoms with E-state index in [1.165, 1.54) is 18.5 Å². The third-order valence-corrected chi connectivity index (χ3v) is 3.62. The molecule has 0 N–H and O–H groups in total. The summed E-state index contributed by atoms with van der Waals surface area (Å²) in [7, 11) is 1.91. The SMILES string of the molecule is Cc1cccc(OCCN(C)c2ncnc3ccc(F)cc23)c1. The summed E-state index contributed by atoms with van der Waals surface area (Å²) in [5, 5.41) is 0.700. The molecule has 1 aromatic heterocycles. The van der Waals surface area contributed by atoms with Crippen molar-refractivity contribution in [3.05, 3.63) is 60.2 Å². The van der Waals surface area contributed by atoms with Crippen molar-refractivity contribution >= 4 is 16.7 Å². The lowest BCUT2D eigenvalue weighted by Gasteiger charge is -2.19. The van der Waals surface area contributed by atoms with Crippen molar-refractivity contribution in [3.8, 4) is 5.75 Å². The fourth-order valence-electron chi connectivity index (χ4n) is 2.43. The van der Waals surface area contributed by atoms with Crippen molar-refractivity contribution in [3.63, 3.8) is 0 Å². The predicted molar refractivity (Wildman–Crippen MR) is 89.4 cm³/mol. The van der Waals surface area contributed by atoms with E-state index >= 15 is 0 Å². The van der Waals surface area contributed by atoms with Crippen LogP contribution in [0, 0.1) is 12.7 Å². The van der Waals surface area contributed by atoms with Crippen molar-refractivity contribution in [1.29, 1.82) is 0 Å². The second-order valence-corrected chi connectivity index (χ2v) is 5.45. The van der Waals surface area contributed by atoms with Gasteiger partial charge in [0.25, 0.3) is 0 Å². The Morgan fingerprint density at radius 1 is 1.13 bits per heavy atom. The first-order valence-corrected chi connectivity index (χ1v) is 7.44. The molecule has 1 heterocycles. The van der Waals surface area contributed by atoms with Crippen LogP contribution in [0.2, 0.25) is 0 Å². The molecule has 0 aliphatic rings. The minimum atomic E-state index is -0.294. The van der Waals surface area contributed by atoms with Gasteiger partial charge in [-0.2, -0.15) is 0 Å². The van der Waals surface area contributed by atoms with Gasteiger partial charge in [-0.1, -0.05) is 12.1 Å². The molecule has 0 saturated carbocycles. The Labute approximate surface area is 134 Å². The quantitative estimate of drug-likeness (QED) is 0.722. The van der Waals surface area contributed by atoms with E-state index in [4.69, 9.17) is 4.74 Å². The van der Waals surface area contributed by atoms with E-state index in [0.717, 1.165) is 16.8 Å². The van der Waals surface area contributed by atoms with Gasteiger partial charge < -0.3 is 9.64 Å². The van der Waals surface area contributed by atoms with Crippen molar-refractivity contribution in [2.75, 3.05) is 25.1 Å². The van der Waals surface area contributed by atoms with Crippen LogP contribution in [-0.2, 0) is 0 Å². The molecular formula is C18H18FN3O. The van der Waals surface area contributed by atoms with Gasteiger partial charge in [0.2, 0.25) is 0 Å². The molecule has 23 heavy (non-hydrogen) atoms. The normalized spacial score (nSPS) is 10.7. The lowest BCUT2D eigenvalue weighted by Crippen LogP contribution is -2.25. The molecule has 2 aromatic carbocycles. The monoisotopic (exact) mass is 311 g/mol. The lowest BCUT2D eigenvalue weighted by atomic mass is 10.2. The number of aryl methyl sites for hydroxylation is 1. The zero-order valence-corrected chi connectivity index (χ0v) is 13.2. The molecule has 0 saturated heterocycles. The summed E-state index contributed by atoms with van der Waals surface area (Å²) in [4.78, 5) is 10.4. The minimum Gasteiger partial charge on any atom is -0.492 e. The van der Waals surface area contributed by atoms with Crippen LogP contribution < -0.4 is 9.64 Å². The number of halogens is 1. The van der Waals surface area contributed by atoms with Crippen molar-refractivity contribution in [2.24, 2.45) is 0 Å². The smallest absolute Gasteiger partial charge is 0.139 e. The molecule has 0 fully saturated rings. The largest absolute Gasteiger partial charge is 0.492 e. The van der Waals surface area contributed by atoms with Gasteiger partial charge >= 0.3 is 0 Å². The van der Waals surface area contributed by atoms with E-state index in [1.807, 2.05) is 43.1 Å². The van der Waals surface area contributed by atoms with Gasteiger partial charge in [0.05, 0.1) is 12.1 Å². The van der Waals surface area contributed by atoms with E-state index < -0.39 is 0 Å². The van der Waals surface area contributed by atoms with Crippen LogP contribution in [0.4, 0.5) is 10.2 Å². The molecule has 3 rings (SSSR count). The zero-order valence-electron chi connectivity index (χ0n) is 13.2. The van der Waals surface area contributed by atoms with Crippen molar-refractivity contribution < 1.29 is 9.13 Å². The fraction of sp³-hybridized carbons (Fsp3) is 0.222. The highest BCUT2D eigenvalue weighted by Gasteiger charge is 2.09. The van der Waals surface area contributed by atoms with Gasteiger partial charge in [-0.3, -0.25) is 0 Å². The Bertz CT molecular complexity index is 822. The molecule has 118 valence electrons. The number of likely N-dealkylation sites (N-methyl/N-ethyl adjacent to an activating group) is 1. The van der Waals surface area contributed by atoms with Crippen LogP contribution in [0.3, 0.4) is 0 Å². The minimum absolute atomic E-state index is 0.294. The molecule has 0 aliphatic heterocycles. The summed E-state index contributed by atoms with van der Waals surface area (Å²) in [6.45, 7) is 3.18. The lowest BCUT2D eigenvalue weighted by molar-refractivity contribution is 0.325. The fourth-order valence-corrected chi connectivity index (χ4v) is 2.43. The second-order valence-electron chi connectivity index (χ2n) is 5.45. The number of benzene rings is 2. The summed E-state index contributed by atoms with van der Waals surface area (Å²) >= 11 is 0. The topological polar surface area (TPSA) is 38.2 Å². The second kappa shape index (κ2) is 6.60. The maximum Gasteiger partial charge on any atom is 0.139 e. The zero-order chi connectivity index (χ0) is 16.2. The predicted octanol–water partition coefficient (Wildman–Crippen LogP) is 3.59. The highest BCUT2D eigenvalue weighted by molar-refractivity contribution is 5.89. The van der Waals surface area contributed by atoms with Gasteiger partial charge in [0, 0.05) is 12.4 Å². The van der Waals surface area contributed by atoms with Gasteiger partial charge in [-0.25, -0.2) is 14.4 Å². The van der Waals surface area contributed by atoms with Crippen LogP contribution in [0.5, 0.6) is 5.75 Å².